The van der Waals surface area contributed by atoms with Crippen LogP contribution in [-0.4, -0.2) is 58.8 Å². The van der Waals surface area contributed by atoms with Gasteiger partial charge in [-0.05, 0) is 37.3 Å². The molecule has 154 valence electrons. The second kappa shape index (κ2) is 8.37. The molecule has 2 aromatic rings. The van der Waals surface area contributed by atoms with Crippen molar-refractivity contribution in [1.29, 1.82) is 0 Å². The Morgan fingerprint density at radius 2 is 2.07 bits per heavy atom. The predicted octanol–water partition coefficient (Wildman–Crippen LogP) is 1.56. The van der Waals surface area contributed by atoms with Gasteiger partial charge in [0.25, 0.3) is 0 Å². The number of carbonyl (C=O) groups is 2. The van der Waals surface area contributed by atoms with Crippen LogP contribution >= 0.6 is 0 Å². The van der Waals surface area contributed by atoms with Crippen molar-refractivity contribution < 1.29 is 14.3 Å². The first kappa shape index (κ1) is 19.6. The van der Waals surface area contributed by atoms with Gasteiger partial charge in [0, 0.05) is 32.4 Å². The lowest BCUT2D eigenvalue weighted by Crippen LogP contribution is -2.66. The highest BCUT2D eigenvalue weighted by Gasteiger charge is 2.50. The van der Waals surface area contributed by atoms with Crippen LogP contribution in [0.4, 0.5) is 0 Å². The number of amides is 2. The fraction of sp³-hybridized carbons (Fsp3) is 0.500. The Balaban J connectivity index is 1.40. The summed E-state index contributed by atoms with van der Waals surface area (Å²) in [6.45, 7) is 4.31. The van der Waals surface area contributed by atoms with Gasteiger partial charge in [0.2, 0.25) is 11.8 Å². The van der Waals surface area contributed by atoms with Gasteiger partial charge >= 0.3 is 0 Å². The summed E-state index contributed by atoms with van der Waals surface area (Å²) in [5.41, 5.74) is 1.54. The molecule has 1 unspecified atom stereocenters. The third-order valence-electron chi connectivity index (χ3n) is 5.78. The van der Waals surface area contributed by atoms with Gasteiger partial charge in [-0.25, -0.2) is 0 Å². The van der Waals surface area contributed by atoms with Gasteiger partial charge in [-0.2, -0.15) is 5.10 Å². The van der Waals surface area contributed by atoms with Gasteiger partial charge in [0.05, 0.1) is 17.7 Å². The second-order valence-corrected chi connectivity index (χ2v) is 8.25. The molecule has 0 bridgehead atoms. The Hall–Kier alpha value is -2.67. The molecule has 1 aromatic heterocycles. The molecule has 0 spiro atoms. The summed E-state index contributed by atoms with van der Waals surface area (Å²) in [5.74, 6) is -0.000417. The Morgan fingerprint density at radius 3 is 2.72 bits per heavy atom. The molecule has 7 nitrogen and oxygen atoms in total. The number of nitrogens with zero attached hydrogens (tertiary/aromatic N) is 3. The molecule has 1 N–H and O–H groups in total. The molecule has 2 saturated heterocycles. The van der Waals surface area contributed by atoms with Crippen LogP contribution in [0.2, 0.25) is 0 Å². The monoisotopic (exact) mass is 396 g/mol. The summed E-state index contributed by atoms with van der Waals surface area (Å²) in [5, 5.41) is 7.27. The van der Waals surface area contributed by atoms with E-state index in [0.717, 1.165) is 30.6 Å². The molecule has 2 aliphatic heterocycles. The minimum atomic E-state index is -0.588. The standard InChI is InChI=1S/C22H28N4O3/c1-17-11-24-26(13-17)14-20(27)25-15-22(16-25,10-18-6-3-2-4-7-18)21(28)23-12-19-8-5-9-29-19/h2-4,6-7,11,13,19H,5,8-10,12,14-16H2,1H3,(H,23,28). The third-order valence-corrected chi connectivity index (χ3v) is 5.78. The van der Waals surface area contributed by atoms with Crippen LogP contribution in [-0.2, 0) is 27.3 Å². The first-order valence-corrected chi connectivity index (χ1v) is 10.2. The number of aromatic nitrogens is 2. The van der Waals surface area contributed by atoms with E-state index in [0.29, 0.717) is 26.1 Å². The molecular weight excluding hydrogens is 368 g/mol. The van der Waals surface area contributed by atoms with Gasteiger partial charge in [-0.15, -0.1) is 0 Å². The van der Waals surface area contributed by atoms with Gasteiger partial charge in [0.1, 0.15) is 6.54 Å². The number of carbonyl (C=O) groups excluding carboxylic acids is 2. The fourth-order valence-corrected chi connectivity index (χ4v) is 4.17. The minimum Gasteiger partial charge on any atom is -0.376 e. The molecule has 3 heterocycles. The van der Waals surface area contributed by atoms with Crippen molar-refractivity contribution in [2.75, 3.05) is 26.2 Å². The lowest BCUT2D eigenvalue weighted by Gasteiger charge is -2.49. The molecule has 29 heavy (non-hydrogen) atoms. The van der Waals surface area contributed by atoms with Crippen molar-refractivity contribution in [1.82, 2.24) is 20.0 Å². The zero-order valence-electron chi connectivity index (χ0n) is 16.8. The normalized spacial score (nSPS) is 20.3. The summed E-state index contributed by atoms with van der Waals surface area (Å²) < 4.78 is 7.27. The van der Waals surface area contributed by atoms with Crippen LogP contribution in [0.5, 0.6) is 0 Å². The average molecular weight is 396 g/mol. The Bertz CT molecular complexity index is 852. The van der Waals surface area contributed by atoms with Crippen LogP contribution in [0.1, 0.15) is 24.0 Å². The van der Waals surface area contributed by atoms with Crippen molar-refractivity contribution in [3.05, 3.63) is 53.9 Å². The van der Waals surface area contributed by atoms with Crippen molar-refractivity contribution >= 4 is 11.8 Å². The van der Waals surface area contributed by atoms with Gasteiger partial charge < -0.3 is 15.0 Å². The van der Waals surface area contributed by atoms with E-state index in [1.54, 1.807) is 15.8 Å². The zero-order valence-corrected chi connectivity index (χ0v) is 16.8. The van der Waals surface area contributed by atoms with Crippen LogP contribution < -0.4 is 5.32 Å². The Labute approximate surface area is 171 Å². The first-order valence-electron chi connectivity index (χ1n) is 10.2. The fourth-order valence-electron chi connectivity index (χ4n) is 4.17. The lowest BCUT2D eigenvalue weighted by atomic mass is 9.73. The molecule has 1 atom stereocenters. The molecule has 1 aromatic carbocycles. The number of hydrogen-bond acceptors (Lipinski definition) is 4. The highest BCUT2D eigenvalue weighted by Crippen LogP contribution is 2.35. The molecular formula is C22H28N4O3. The average Bonchev–Trinajstić information content (AvgIpc) is 3.35. The van der Waals surface area contributed by atoms with Crippen molar-refractivity contribution in [2.45, 2.75) is 38.8 Å². The van der Waals surface area contributed by atoms with E-state index in [2.05, 4.69) is 10.4 Å². The van der Waals surface area contributed by atoms with Crippen molar-refractivity contribution in [3.63, 3.8) is 0 Å². The molecule has 0 aliphatic carbocycles. The summed E-state index contributed by atoms with van der Waals surface area (Å²) >= 11 is 0. The maximum atomic E-state index is 13.1. The summed E-state index contributed by atoms with van der Waals surface area (Å²) in [7, 11) is 0. The van der Waals surface area contributed by atoms with E-state index in [9.17, 15) is 9.59 Å². The SMILES string of the molecule is Cc1cnn(CC(=O)N2CC(Cc3ccccc3)(C(=O)NCC3CCCO3)C2)c1. The van der Waals surface area contributed by atoms with Crippen molar-refractivity contribution in [2.24, 2.45) is 5.41 Å². The maximum Gasteiger partial charge on any atom is 0.244 e. The van der Waals surface area contributed by atoms with Crippen LogP contribution in [0, 0.1) is 12.3 Å². The molecule has 2 amide bonds. The lowest BCUT2D eigenvalue weighted by molar-refractivity contribution is -0.154. The summed E-state index contributed by atoms with van der Waals surface area (Å²) in [6, 6.07) is 10.00. The van der Waals surface area contributed by atoms with Gasteiger partial charge in [0.15, 0.2) is 0 Å². The second-order valence-electron chi connectivity index (χ2n) is 8.25. The Kier molecular flexibility index (Phi) is 5.67. The largest absolute Gasteiger partial charge is 0.376 e. The highest BCUT2D eigenvalue weighted by molar-refractivity contribution is 5.88. The smallest absolute Gasteiger partial charge is 0.244 e. The number of ether oxygens (including phenoxy) is 1. The maximum absolute atomic E-state index is 13.1. The number of rotatable bonds is 7. The Morgan fingerprint density at radius 1 is 1.28 bits per heavy atom. The summed E-state index contributed by atoms with van der Waals surface area (Å²) in [6.07, 6.45) is 6.35. The molecule has 2 aliphatic rings. The number of hydrogen-bond donors (Lipinski definition) is 1. The third kappa shape index (κ3) is 4.50. The molecule has 0 radical (unpaired) electrons. The van der Waals surface area contributed by atoms with Crippen molar-refractivity contribution in [3.8, 4) is 0 Å². The van der Waals surface area contributed by atoms with Gasteiger partial charge in [-0.3, -0.25) is 14.3 Å². The molecule has 4 rings (SSSR count). The van der Waals surface area contributed by atoms with E-state index in [1.165, 1.54) is 0 Å². The van der Waals surface area contributed by atoms with E-state index < -0.39 is 5.41 Å². The topological polar surface area (TPSA) is 76.5 Å². The van der Waals surface area contributed by atoms with E-state index in [1.807, 2.05) is 43.5 Å². The highest BCUT2D eigenvalue weighted by atomic mass is 16.5. The molecule has 0 saturated carbocycles. The predicted molar refractivity (Wildman–Crippen MR) is 108 cm³/mol. The zero-order chi connectivity index (χ0) is 20.3. The van der Waals surface area contributed by atoms with E-state index in [-0.39, 0.29) is 24.5 Å². The van der Waals surface area contributed by atoms with E-state index >= 15 is 0 Å². The van der Waals surface area contributed by atoms with Crippen LogP contribution in [0.15, 0.2) is 42.7 Å². The number of benzene rings is 1. The van der Waals surface area contributed by atoms with E-state index in [4.69, 9.17) is 4.74 Å². The molecule has 2 fully saturated rings. The van der Waals surface area contributed by atoms with Crippen LogP contribution in [0.3, 0.4) is 0 Å². The number of aryl methyl sites for hydroxylation is 1. The minimum absolute atomic E-state index is 0.0100. The molecule has 7 heteroatoms. The number of nitrogens with one attached hydrogen (secondary N) is 1. The quantitative estimate of drug-likeness (QED) is 0.771. The number of likely N-dealkylation sites (tertiary alicyclic amines) is 1. The van der Waals surface area contributed by atoms with Crippen LogP contribution in [0.25, 0.3) is 0 Å². The first-order chi connectivity index (χ1) is 14.0. The summed E-state index contributed by atoms with van der Waals surface area (Å²) in [4.78, 5) is 27.5. The van der Waals surface area contributed by atoms with Gasteiger partial charge in [-0.1, -0.05) is 30.3 Å².